The molecular formula is C14H27NO3. The normalized spacial score (nSPS) is 25.7. The predicted molar refractivity (Wildman–Crippen MR) is 71.2 cm³/mol. The maximum Gasteiger partial charge on any atom is 0.323 e. The van der Waals surface area contributed by atoms with Crippen molar-refractivity contribution in [2.45, 2.75) is 52.0 Å². The molecule has 0 heterocycles. The van der Waals surface area contributed by atoms with Crippen molar-refractivity contribution in [3.8, 4) is 0 Å². The highest BCUT2D eigenvalue weighted by Gasteiger charge is 2.26. The van der Waals surface area contributed by atoms with Crippen LogP contribution in [0.15, 0.2) is 0 Å². The zero-order valence-corrected chi connectivity index (χ0v) is 11.7. The van der Waals surface area contributed by atoms with Crippen molar-refractivity contribution in [2.75, 3.05) is 19.8 Å². The summed E-state index contributed by atoms with van der Waals surface area (Å²) in [5.74, 6) is 0.731. The highest BCUT2D eigenvalue weighted by Crippen LogP contribution is 2.29. The lowest BCUT2D eigenvalue weighted by Crippen LogP contribution is -2.42. The molecule has 1 aliphatic rings. The van der Waals surface area contributed by atoms with Gasteiger partial charge in [-0.2, -0.15) is 0 Å². The number of hydrogen-bond acceptors (Lipinski definition) is 4. The first-order chi connectivity index (χ1) is 8.72. The van der Waals surface area contributed by atoms with Gasteiger partial charge in [-0.1, -0.05) is 19.8 Å². The summed E-state index contributed by atoms with van der Waals surface area (Å²) in [6, 6.07) is -0.203. The van der Waals surface area contributed by atoms with Gasteiger partial charge in [-0.3, -0.25) is 4.79 Å². The second-order valence-electron chi connectivity index (χ2n) is 5.11. The zero-order chi connectivity index (χ0) is 13.4. The molecule has 1 saturated carbocycles. The summed E-state index contributed by atoms with van der Waals surface area (Å²) < 4.78 is 5.04. The average molecular weight is 257 g/mol. The summed E-state index contributed by atoms with van der Waals surface area (Å²) in [5.41, 5.74) is 0. The zero-order valence-electron chi connectivity index (χ0n) is 11.7. The highest BCUT2D eigenvalue weighted by molar-refractivity contribution is 5.75. The van der Waals surface area contributed by atoms with E-state index in [4.69, 9.17) is 4.74 Å². The number of aliphatic hydroxyl groups is 1. The molecule has 1 rings (SSSR count). The molecule has 1 fully saturated rings. The summed E-state index contributed by atoms with van der Waals surface area (Å²) in [5, 5.41) is 12.7. The minimum atomic E-state index is -0.203. The molecule has 106 valence electrons. The number of rotatable bonds is 7. The van der Waals surface area contributed by atoms with Gasteiger partial charge in [0.15, 0.2) is 0 Å². The van der Waals surface area contributed by atoms with E-state index in [0.717, 1.165) is 25.8 Å². The van der Waals surface area contributed by atoms with Crippen LogP contribution < -0.4 is 5.32 Å². The van der Waals surface area contributed by atoms with Gasteiger partial charge in [0.05, 0.1) is 6.61 Å². The van der Waals surface area contributed by atoms with Crippen LogP contribution in [0.5, 0.6) is 0 Å². The first kappa shape index (κ1) is 15.4. The number of aliphatic hydroxyl groups excluding tert-OH is 1. The van der Waals surface area contributed by atoms with Crippen LogP contribution in [-0.4, -0.2) is 36.9 Å². The monoisotopic (exact) mass is 257 g/mol. The van der Waals surface area contributed by atoms with Crippen molar-refractivity contribution in [3.05, 3.63) is 0 Å². The lowest BCUT2D eigenvalue weighted by atomic mass is 9.79. The van der Waals surface area contributed by atoms with E-state index in [1.165, 1.54) is 12.8 Å². The van der Waals surface area contributed by atoms with E-state index >= 15 is 0 Å². The molecule has 0 aromatic rings. The summed E-state index contributed by atoms with van der Waals surface area (Å²) in [6.45, 7) is 5.32. The third-order valence-electron chi connectivity index (χ3n) is 3.91. The second kappa shape index (κ2) is 8.48. The molecule has 0 spiro atoms. The lowest BCUT2D eigenvalue weighted by Gasteiger charge is -2.31. The van der Waals surface area contributed by atoms with Gasteiger partial charge < -0.3 is 15.2 Å². The van der Waals surface area contributed by atoms with Crippen LogP contribution in [0.25, 0.3) is 0 Å². The Bertz CT molecular complexity index is 245. The van der Waals surface area contributed by atoms with Crippen LogP contribution in [-0.2, 0) is 9.53 Å². The molecule has 4 heteroatoms. The molecule has 3 unspecified atom stereocenters. The molecule has 0 bridgehead atoms. The Hall–Kier alpha value is -0.610. The van der Waals surface area contributed by atoms with E-state index in [2.05, 4.69) is 5.32 Å². The Morgan fingerprint density at radius 1 is 1.33 bits per heavy atom. The minimum Gasteiger partial charge on any atom is -0.465 e. The van der Waals surface area contributed by atoms with Crippen molar-refractivity contribution in [3.63, 3.8) is 0 Å². The average Bonchev–Trinajstić information content (AvgIpc) is 2.40. The van der Waals surface area contributed by atoms with Crippen molar-refractivity contribution < 1.29 is 14.6 Å². The Kier molecular flexibility index (Phi) is 7.28. The van der Waals surface area contributed by atoms with E-state index in [1.54, 1.807) is 0 Å². The van der Waals surface area contributed by atoms with Gasteiger partial charge in [0.2, 0.25) is 0 Å². The van der Waals surface area contributed by atoms with E-state index in [-0.39, 0.29) is 18.6 Å². The number of carbonyl (C=O) groups is 1. The Morgan fingerprint density at radius 3 is 2.56 bits per heavy atom. The number of ether oxygens (including phenoxy) is 1. The number of hydrogen-bond donors (Lipinski definition) is 2. The number of nitrogens with one attached hydrogen (secondary N) is 1. The fourth-order valence-corrected chi connectivity index (χ4v) is 2.72. The van der Waals surface area contributed by atoms with Crippen LogP contribution in [0.3, 0.4) is 0 Å². The third-order valence-corrected chi connectivity index (χ3v) is 3.91. The first-order valence-corrected chi connectivity index (χ1v) is 7.23. The fraction of sp³-hybridized carbons (Fsp3) is 0.929. The summed E-state index contributed by atoms with van der Waals surface area (Å²) in [7, 11) is 0. The molecule has 3 atom stereocenters. The number of esters is 1. The molecular weight excluding hydrogens is 230 g/mol. The Labute approximate surface area is 110 Å². The molecule has 1 aliphatic carbocycles. The van der Waals surface area contributed by atoms with Gasteiger partial charge in [-0.15, -0.1) is 0 Å². The Morgan fingerprint density at radius 2 is 2.00 bits per heavy atom. The Balaban J connectivity index is 2.38. The summed E-state index contributed by atoms with van der Waals surface area (Å²) >= 11 is 0. The highest BCUT2D eigenvalue weighted by atomic mass is 16.5. The van der Waals surface area contributed by atoms with E-state index in [0.29, 0.717) is 18.4 Å². The summed E-state index contributed by atoms with van der Waals surface area (Å²) in [6.07, 6.45) is 5.46. The quantitative estimate of drug-likeness (QED) is 0.682. The molecule has 4 nitrogen and oxygen atoms in total. The smallest absolute Gasteiger partial charge is 0.323 e. The largest absolute Gasteiger partial charge is 0.465 e. The molecule has 18 heavy (non-hydrogen) atoms. The minimum absolute atomic E-state index is 0.156. The maximum atomic E-state index is 11.7. The SMILES string of the molecule is CCOC(=O)C(CC)NCC1CCCCC1CO. The molecule has 0 amide bonds. The van der Waals surface area contributed by atoms with E-state index in [1.807, 2.05) is 13.8 Å². The predicted octanol–water partition coefficient (Wildman–Crippen LogP) is 1.72. The molecule has 0 radical (unpaired) electrons. The van der Waals surface area contributed by atoms with Gasteiger partial charge in [0.25, 0.3) is 0 Å². The molecule has 2 N–H and O–H groups in total. The van der Waals surface area contributed by atoms with E-state index in [9.17, 15) is 9.90 Å². The lowest BCUT2D eigenvalue weighted by molar-refractivity contribution is -0.145. The molecule has 0 saturated heterocycles. The molecule has 0 aromatic carbocycles. The van der Waals surface area contributed by atoms with Gasteiger partial charge in [-0.25, -0.2) is 0 Å². The van der Waals surface area contributed by atoms with Crippen LogP contribution in [0, 0.1) is 11.8 Å². The maximum absolute atomic E-state index is 11.7. The first-order valence-electron chi connectivity index (χ1n) is 7.23. The van der Waals surface area contributed by atoms with Crippen molar-refractivity contribution in [1.82, 2.24) is 5.32 Å². The topological polar surface area (TPSA) is 58.6 Å². The van der Waals surface area contributed by atoms with Gasteiger partial charge in [0.1, 0.15) is 6.04 Å². The summed E-state index contributed by atoms with van der Waals surface area (Å²) in [4.78, 5) is 11.7. The molecule has 0 aromatic heterocycles. The van der Waals surface area contributed by atoms with Crippen molar-refractivity contribution in [1.29, 1.82) is 0 Å². The second-order valence-corrected chi connectivity index (χ2v) is 5.11. The van der Waals surface area contributed by atoms with Gasteiger partial charge in [0, 0.05) is 6.61 Å². The molecule has 0 aliphatic heterocycles. The fourth-order valence-electron chi connectivity index (χ4n) is 2.72. The third kappa shape index (κ3) is 4.58. The van der Waals surface area contributed by atoms with Crippen LogP contribution in [0.2, 0.25) is 0 Å². The van der Waals surface area contributed by atoms with Crippen LogP contribution in [0.4, 0.5) is 0 Å². The van der Waals surface area contributed by atoms with E-state index < -0.39 is 0 Å². The van der Waals surface area contributed by atoms with Crippen LogP contribution in [0.1, 0.15) is 46.0 Å². The van der Waals surface area contributed by atoms with Crippen molar-refractivity contribution in [2.24, 2.45) is 11.8 Å². The standard InChI is InChI=1S/C14H27NO3/c1-3-13(14(17)18-4-2)15-9-11-7-5-6-8-12(11)10-16/h11-13,15-16H,3-10H2,1-2H3. The van der Waals surface area contributed by atoms with Gasteiger partial charge >= 0.3 is 5.97 Å². The van der Waals surface area contributed by atoms with Crippen molar-refractivity contribution >= 4 is 5.97 Å². The number of carbonyl (C=O) groups excluding carboxylic acids is 1. The van der Waals surface area contributed by atoms with Crippen LogP contribution >= 0.6 is 0 Å². The van der Waals surface area contributed by atoms with Gasteiger partial charge in [-0.05, 0) is 44.6 Å².